The zero-order valence-electron chi connectivity index (χ0n) is 10.2. The molecule has 3 unspecified atom stereocenters. The number of hydrogen-bond donors (Lipinski definition) is 1. The molecule has 15 heavy (non-hydrogen) atoms. The Morgan fingerprint density at radius 3 is 2.93 bits per heavy atom. The molecule has 0 aromatic rings. The number of rotatable bonds is 7. The summed E-state index contributed by atoms with van der Waals surface area (Å²) in [5.74, 6) is 0.704. The molecule has 2 nitrogen and oxygen atoms in total. The SMILES string of the molecule is C=CCCC(NCC)C1CCOC1CC. The zero-order valence-corrected chi connectivity index (χ0v) is 10.2. The summed E-state index contributed by atoms with van der Waals surface area (Å²) < 4.78 is 5.76. The van der Waals surface area contributed by atoms with E-state index >= 15 is 0 Å². The van der Waals surface area contributed by atoms with Gasteiger partial charge in [-0.2, -0.15) is 0 Å². The Hall–Kier alpha value is -0.340. The van der Waals surface area contributed by atoms with Crippen LogP contribution >= 0.6 is 0 Å². The van der Waals surface area contributed by atoms with Crippen molar-refractivity contribution in [3.8, 4) is 0 Å². The first-order chi connectivity index (χ1) is 7.33. The maximum Gasteiger partial charge on any atom is 0.0616 e. The maximum atomic E-state index is 5.76. The Morgan fingerprint density at radius 2 is 2.33 bits per heavy atom. The van der Waals surface area contributed by atoms with Crippen molar-refractivity contribution in [2.45, 2.75) is 51.7 Å². The first kappa shape index (κ1) is 12.7. The Labute approximate surface area is 94.1 Å². The minimum Gasteiger partial charge on any atom is -0.378 e. The Bertz CT molecular complexity index is 181. The molecule has 1 aliphatic heterocycles. The average Bonchev–Trinajstić information content (AvgIpc) is 2.72. The second-order valence-corrected chi connectivity index (χ2v) is 4.30. The first-order valence-electron chi connectivity index (χ1n) is 6.29. The third-order valence-electron chi connectivity index (χ3n) is 3.33. The van der Waals surface area contributed by atoms with Crippen LogP contribution in [0, 0.1) is 5.92 Å². The molecule has 1 saturated heterocycles. The molecule has 0 saturated carbocycles. The van der Waals surface area contributed by atoms with Gasteiger partial charge in [-0.1, -0.05) is 19.9 Å². The molecule has 0 aromatic carbocycles. The Morgan fingerprint density at radius 1 is 1.53 bits per heavy atom. The fourth-order valence-corrected chi connectivity index (χ4v) is 2.57. The normalized spacial score (nSPS) is 27.9. The van der Waals surface area contributed by atoms with Gasteiger partial charge in [0, 0.05) is 18.6 Å². The number of nitrogens with one attached hydrogen (secondary N) is 1. The second-order valence-electron chi connectivity index (χ2n) is 4.30. The van der Waals surface area contributed by atoms with E-state index in [9.17, 15) is 0 Å². The van der Waals surface area contributed by atoms with E-state index in [2.05, 4.69) is 25.7 Å². The molecule has 0 bridgehead atoms. The molecular weight excluding hydrogens is 186 g/mol. The quantitative estimate of drug-likeness (QED) is 0.654. The standard InChI is InChI=1S/C13H25NO/c1-4-7-8-12(14-6-3)11-9-10-15-13(11)5-2/h4,11-14H,1,5-10H2,2-3H3. The highest BCUT2D eigenvalue weighted by molar-refractivity contribution is 4.87. The summed E-state index contributed by atoms with van der Waals surface area (Å²) in [6.07, 6.45) is 7.14. The molecule has 0 aliphatic carbocycles. The van der Waals surface area contributed by atoms with Crippen molar-refractivity contribution in [1.82, 2.24) is 5.32 Å². The van der Waals surface area contributed by atoms with E-state index < -0.39 is 0 Å². The van der Waals surface area contributed by atoms with Gasteiger partial charge in [0.15, 0.2) is 0 Å². The van der Waals surface area contributed by atoms with Crippen molar-refractivity contribution in [3.05, 3.63) is 12.7 Å². The van der Waals surface area contributed by atoms with Gasteiger partial charge in [-0.3, -0.25) is 0 Å². The molecule has 0 aromatic heterocycles. The van der Waals surface area contributed by atoms with Gasteiger partial charge >= 0.3 is 0 Å². The average molecular weight is 211 g/mol. The van der Waals surface area contributed by atoms with E-state index in [-0.39, 0.29) is 0 Å². The summed E-state index contributed by atoms with van der Waals surface area (Å²) in [6.45, 7) is 10.2. The predicted molar refractivity (Wildman–Crippen MR) is 65.0 cm³/mol. The van der Waals surface area contributed by atoms with E-state index in [1.807, 2.05) is 6.08 Å². The minimum absolute atomic E-state index is 0.471. The molecule has 1 N–H and O–H groups in total. The Balaban J connectivity index is 2.48. The second kappa shape index (κ2) is 7.02. The van der Waals surface area contributed by atoms with Crippen molar-refractivity contribution < 1.29 is 4.74 Å². The van der Waals surface area contributed by atoms with Crippen LogP contribution in [-0.4, -0.2) is 25.3 Å². The molecule has 1 fully saturated rings. The van der Waals surface area contributed by atoms with Gasteiger partial charge < -0.3 is 10.1 Å². The highest BCUT2D eigenvalue weighted by Crippen LogP contribution is 2.28. The molecule has 1 rings (SSSR count). The zero-order chi connectivity index (χ0) is 11.1. The molecule has 0 radical (unpaired) electrons. The topological polar surface area (TPSA) is 21.3 Å². The summed E-state index contributed by atoms with van der Waals surface area (Å²) >= 11 is 0. The smallest absolute Gasteiger partial charge is 0.0616 e. The van der Waals surface area contributed by atoms with Crippen molar-refractivity contribution in [2.24, 2.45) is 5.92 Å². The van der Waals surface area contributed by atoms with Gasteiger partial charge in [-0.25, -0.2) is 0 Å². The van der Waals surface area contributed by atoms with Gasteiger partial charge in [0.25, 0.3) is 0 Å². The molecule has 88 valence electrons. The monoisotopic (exact) mass is 211 g/mol. The lowest BCUT2D eigenvalue weighted by atomic mass is 9.88. The predicted octanol–water partition coefficient (Wildman–Crippen LogP) is 2.75. The number of allylic oxidation sites excluding steroid dienone is 1. The number of ether oxygens (including phenoxy) is 1. The molecule has 0 spiro atoms. The lowest BCUT2D eigenvalue weighted by Crippen LogP contribution is -2.39. The molecular formula is C13H25NO. The fourth-order valence-electron chi connectivity index (χ4n) is 2.57. The molecule has 1 aliphatic rings. The van der Waals surface area contributed by atoms with E-state index in [0.29, 0.717) is 18.1 Å². The Kier molecular flexibility index (Phi) is 5.96. The van der Waals surface area contributed by atoms with Crippen LogP contribution < -0.4 is 5.32 Å². The van der Waals surface area contributed by atoms with Gasteiger partial charge in [-0.05, 0) is 32.2 Å². The molecule has 0 amide bonds. The van der Waals surface area contributed by atoms with Crippen LogP contribution in [0.25, 0.3) is 0 Å². The van der Waals surface area contributed by atoms with Crippen molar-refractivity contribution >= 4 is 0 Å². The van der Waals surface area contributed by atoms with Crippen LogP contribution in [0.4, 0.5) is 0 Å². The molecule has 3 atom stereocenters. The van der Waals surface area contributed by atoms with Crippen LogP contribution in [0.3, 0.4) is 0 Å². The van der Waals surface area contributed by atoms with Gasteiger partial charge in [0.2, 0.25) is 0 Å². The van der Waals surface area contributed by atoms with Crippen LogP contribution in [-0.2, 0) is 4.74 Å². The van der Waals surface area contributed by atoms with Crippen LogP contribution in [0.1, 0.15) is 39.5 Å². The van der Waals surface area contributed by atoms with E-state index in [1.54, 1.807) is 0 Å². The van der Waals surface area contributed by atoms with Gasteiger partial charge in [0.1, 0.15) is 0 Å². The summed E-state index contributed by atoms with van der Waals surface area (Å²) in [5, 5.41) is 3.60. The van der Waals surface area contributed by atoms with Crippen molar-refractivity contribution in [2.75, 3.05) is 13.2 Å². The third-order valence-corrected chi connectivity index (χ3v) is 3.33. The summed E-state index contributed by atoms with van der Waals surface area (Å²) in [5.41, 5.74) is 0. The van der Waals surface area contributed by atoms with Crippen molar-refractivity contribution in [1.29, 1.82) is 0 Å². The lowest BCUT2D eigenvalue weighted by molar-refractivity contribution is 0.0767. The summed E-state index contributed by atoms with van der Waals surface area (Å²) in [4.78, 5) is 0. The summed E-state index contributed by atoms with van der Waals surface area (Å²) in [6, 6.07) is 0.612. The fraction of sp³-hybridized carbons (Fsp3) is 0.846. The minimum atomic E-state index is 0.471. The molecule has 1 heterocycles. The lowest BCUT2D eigenvalue weighted by Gasteiger charge is -2.27. The summed E-state index contributed by atoms with van der Waals surface area (Å²) in [7, 11) is 0. The maximum absolute atomic E-state index is 5.76. The first-order valence-corrected chi connectivity index (χ1v) is 6.29. The highest BCUT2D eigenvalue weighted by atomic mass is 16.5. The van der Waals surface area contributed by atoms with Gasteiger partial charge in [0.05, 0.1) is 6.10 Å². The van der Waals surface area contributed by atoms with Crippen LogP contribution in [0.5, 0.6) is 0 Å². The highest BCUT2D eigenvalue weighted by Gasteiger charge is 2.32. The van der Waals surface area contributed by atoms with E-state index in [1.165, 1.54) is 12.8 Å². The van der Waals surface area contributed by atoms with E-state index in [4.69, 9.17) is 4.74 Å². The van der Waals surface area contributed by atoms with E-state index in [0.717, 1.165) is 26.0 Å². The van der Waals surface area contributed by atoms with Gasteiger partial charge in [-0.15, -0.1) is 6.58 Å². The number of hydrogen-bond acceptors (Lipinski definition) is 2. The molecule has 2 heteroatoms. The largest absolute Gasteiger partial charge is 0.378 e. The third kappa shape index (κ3) is 3.62. The van der Waals surface area contributed by atoms with Crippen LogP contribution in [0.2, 0.25) is 0 Å². The van der Waals surface area contributed by atoms with Crippen molar-refractivity contribution in [3.63, 3.8) is 0 Å². The van der Waals surface area contributed by atoms with Crippen LogP contribution in [0.15, 0.2) is 12.7 Å².